The summed E-state index contributed by atoms with van der Waals surface area (Å²) in [5.41, 5.74) is 1.65. The number of nitrogens with one attached hydrogen (secondary N) is 2. The van der Waals surface area contributed by atoms with Gasteiger partial charge in [-0.05, 0) is 55.5 Å². The Balaban J connectivity index is 1.79. The van der Waals surface area contributed by atoms with Crippen LogP contribution >= 0.6 is 11.8 Å². The molecule has 0 unspecified atom stereocenters. The molecule has 0 atom stereocenters. The predicted molar refractivity (Wildman–Crippen MR) is 83.2 cm³/mol. The first-order chi connectivity index (χ1) is 9.57. The highest BCUT2D eigenvalue weighted by Crippen LogP contribution is 2.28. The maximum Gasteiger partial charge on any atom is 0.256 e. The van der Waals surface area contributed by atoms with Gasteiger partial charge in [-0.25, -0.2) is 0 Å². The van der Waals surface area contributed by atoms with Crippen molar-refractivity contribution in [2.75, 3.05) is 16.8 Å². The zero-order valence-corrected chi connectivity index (χ0v) is 12.2. The van der Waals surface area contributed by atoms with Crippen molar-refractivity contribution in [3.63, 3.8) is 0 Å². The van der Waals surface area contributed by atoms with Gasteiger partial charge in [0.15, 0.2) is 0 Å². The zero-order chi connectivity index (χ0) is 14.2. The number of amides is 1. The summed E-state index contributed by atoms with van der Waals surface area (Å²) >= 11 is 1.78. The van der Waals surface area contributed by atoms with E-state index in [2.05, 4.69) is 10.3 Å². The lowest BCUT2D eigenvalue weighted by Gasteiger charge is -2.30. The highest BCUT2D eigenvalue weighted by molar-refractivity contribution is 7.99. The third kappa shape index (κ3) is 2.55. The van der Waals surface area contributed by atoms with E-state index in [9.17, 15) is 9.90 Å². The van der Waals surface area contributed by atoms with E-state index in [1.54, 1.807) is 11.8 Å². The van der Waals surface area contributed by atoms with Crippen molar-refractivity contribution in [1.82, 2.24) is 4.98 Å². The highest BCUT2D eigenvalue weighted by Gasteiger charge is 2.37. The Kier molecular flexibility index (Phi) is 3.48. The van der Waals surface area contributed by atoms with Crippen molar-refractivity contribution in [3.8, 4) is 0 Å². The molecule has 0 aliphatic carbocycles. The Morgan fingerprint density at radius 2 is 2.10 bits per heavy atom. The minimum atomic E-state index is -1.21. The number of fused-ring (bicyclic) bond motifs is 1. The molecule has 1 aromatic carbocycles. The third-order valence-electron chi connectivity index (χ3n) is 3.76. The maximum absolute atomic E-state index is 12.3. The van der Waals surface area contributed by atoms with E-state index in [-0.39, 0.29) is 5.91 Å². The van der Waals surface area contributed by atoms with Crippen LogP contribution < -0.4 is 5.32 Å². The molecule has 3 N–H and O–H groups in total. The molecule has 1 aliphatic heterocycles. The van der Waals surface area contributed by atoms with Gasteiger partial charge in [0.2, 0.25) is 0 Å². The molecule has 1 fully saturated rings. The van der Waals surface area contributed by atoms with Gasteiger partial charge in [0.1, 0.15) is 5.60 Å². The number of hydrogen-bond donors (Lipinski definition) is 3. The normalized spacial score (nSPS) is 18.1. The van der Waals surface area contributed by atoms with Crippen molar-refractivity contribution in [2.24, 2.45) is 0 Å². The standard InChI is InChI=1S/C15H18N2O2S/c1-10-8-11-9-12(2-3-13(11)16-10)17-14(18)15(19)4-6-20-7-5-15/h2-3,8-9,16,19H,4-7H2,1H3,(H,17,18). The second-order valence-electron chi connectivity index (χ2n) is 5.35. The SMILES string of the molecule is Cc1cc2cc(NC(=O)C3(O)CCSCC3)ccc2[nH]1. The fourth-order valence-corrected chi connectivity index (χ4v) is 3.71. The van der Waals surface area contributed by atoms with E-state index in [0.29, 0.717) is 12.8 Å². The summed E-state index contributed by atoms with van der Waals surface area (Å²) in [7, 11) is 0. The number of benzene rings is 1. The number of aryl methyl sites for hydroxylation is 1. The van der Waals surface area contributed by atoms with Gasteiger partial charge in [-0.2, -0.15) is 11.8 Å². The van der Waals surface area contributed by atoms with Crippen LogP contribution in [0.2, 0.25) is 0 Å². The van der Waals surface area contributed by atoms with Gasteiger partial charge in [0, 0.05) is 22.3 Å². The number of aromatic amines is 1. The first-order valence-corrected chi connectivity index (χ1v) is 7.93. The van der Waals surface area contributed by atoms with Crippen LogP contribution in [0.4, 0.5) is 5.69 Å². The third-order valence-corrected chi connectivity index (χ3v) is 4.74. The molecule has 1 aliphatic rings. The molecule has 0 saturated carbocycles. The number of aliphatic hydroxyl groups is 1. The molecular formula is C15H18N2O2S. The average molecular weight is 290 g/mol. The van der Waals surface area contributed by atoms with E-state index in [0.717, 1.165) is 33.8 Å². The minimum absolute atomic E-state index is 0.288. The first-order valence-electron chi connectivity index (χ1n) is 6.78. The largest absolute Gasteiger partial charge is 0.380 e. The second-order valence-corrected chi connectivity index (χ2v) is 6.58. The van der Waals surface area contributed by atoms with Crippen LogP contribution in [0, 0.1) is 6.92 Å². The number of aromatic nitrogens is 1. The van der Waals surface area contributed by atoms with Crippen LogP contribution in [-0.2, 0) is 4.79 Å². The molecule has 1 amide bonds. The van der Waals surface area contributed by atoms with Crippen LogP contribution in [0.3, 0.4) is 0 Å². The van der Waals surface area contributed by atoms with Gasteiger partial charge in [-0.15, -0.1) is 0 Å². The molecule has 1 aromatic heterocycles. The summed E-state index contributed by atoms with van der Waals surface area (Å²) < 4.78 is 0. The maximum atomic E-state index is 12.3. The van der Waals surface area contributed by atoms with E-state index in [1.165, 1.54) is 0 Å². The Morgan fingerprint density at radius 1 is 1.35 bits per heavy atom. The van der Waals surface area contributed by atoms with Gasteiger partial charge >= 0.3 is 0 Å². The molecule has 5 heteroatoms. The highest BCUT2D eigenvalue weighted by atomic mass is 32.2. The monoisotopic (exact) mass is 290 g/mol. The van der Waals surface area contributed by atoms with Crippen molar-refractivity contribution in [2.45, 2.75) is 25.4 Å². The quantitative estimate of drug-likeness (QED) is 0.796. The minimum Gasteiger partial charge on any atom is -0.380 e. The summed E-state index contributed by atoms with van der Waals surface area (Å²) in [6, 6.07) is 7.77. The van der Waals surface area contributed by atoms with Crippen LogP contribution in [-0.4, -0.2) is 33.1 Å². The lowest BCUT2D eigenvalue weighted by Crippen LogP contribution is -2.45. The molecule has 3 rings (SSSR count). The average Bonchev–Trinajstić information content (AvgIpc) is 2.79. The summed E-state index contributed by atoms with van der Waals surface area (Å²) in [5, 5.41) is 14.3. The van der Waals surface area contributed by atoms with Crippen LogP contribution in [0.25, 0.3) is 10.9 Å². The Hall–Kier alpha value is -1.46. The molecule has 0 spiro atoms. The van der Waals surface area contributed by atoms with Crippen molar-refractivity contribution < 1.29 is 9.90 Å². The summed E-state index contributed by atoms with van der Waals surface area (Å²) in [6.07, 6.45) is 1.05. The fraction of sp³-hybridized carbons (Fsp3) is 0.400. The van der Waals surface area contributed by atoms with Gasteiger partial charge < -0.3 is 15.4 Å². The molecule has 106 valence electrons. The lowest BCUT2D eigenvalue weighted by atomic mass is 9.95. The number of anilines is 1. The zero-order valence-electron chi connectivity index (χ0n) is 11.4. The summed E-state index contributed by atoms with van der Waals surface area (Å²) in [4.78, 5) is 15.5. The van der Waals surface area contributed by atoms with Crippen LogP contribution in [0.15, 0.2) is 24.3 Å². The van der Waals surface area contributed by atoms with E-state index < -0.39 is 5.60 Å². The number of H-pyrrole nitrogens is 1. The Labute approximate surface area is 121 Å². The second kappa shape index (κ2) is 5.14. The molecular weight excluding hydrogens is 272 g/mol. The molecule has 2 heterocycles. The fourth-order valence-electron chi connectivity index (χ4n) is 2.54. The molecule has 1 saturated heterocycles. The summed E-state index contributed by atoms with van der Waals surface area (Å²) in [6.45, 7) is 2.00. The van der Waals surface area contributed by atoms with Gasteiger partial charge in [-0.3, -0.25) is 4.79 Å². The predicted octanol–water partition coefficient (Wildman–Crippen LogP) is 2.67. The molecule has 4 nitrogen and oxygen atoms in total. The number of rotatable bonds is 2. The molecule has 0 radical (unpaired) electrons. The number of hydrogen-bond acceptors (Lipinski definition) is 3. The van der Waals surface area contributed by atoms with Crippen molar-refractivity contribution >= 4 is 34.3 Å². The van der Waals surface area contributed by atoms with Crippen molar-refractivity contribution in [1.29, 1.82) is 0 Å². The van der Waals surface area contributed by atoms with Crippen LogP contribution in [0.5, 0.6) is 0 Å². The first kappa shape index (κ1) is 13.5. The number of thioether (sulfide) groups is 1. The van der Waals surface area contributed by atoms with E-state index in [4.69, 9.17) is 0 Å². The topological polar surface area (TPSA) is 65.1 Å². The number of carbonyl (C=O) groups excluding carboxylic acids is 1. The van der Waals surface area contributed by atoms with Crippen LogP contribution in [0.1, 0.15) is 18.5 Å². The lowest BCUT2D eigenvalue weighted by molar-refractivity contribution is -0.134. The Bertz CT molecular complexity index is 644. The van der Waals surface area contributed by atoms with Gasteiger partial charge in [0.25, 0.3) is 5.91 Å². The molecule has 2 aromatic rings. The number of carbonyl (C=O) groups is 1. The summed E-state index contributed by atoms with van der Waals surface area (Å²) in [5.74, 6) is 1.38. The molecule has 20 heavy (non-hydrogen) atoms. The van der Waals surface area contributed by atoms with Gasteiger partial charge in [-0.1, -0.05) is 0 Å². The molecule has 0 bridgehead atoms. The smallest absolute Gasteiger partial charge is 0.256 e. The van der Waals surface area contributed by atoms with E-state index >= 15 is 0 Å². The Morgan fingerprint density at radius 3 is 2.85 bits per heavy atom. The van der Waals surface area contributed by atoms with Gasteiger partial charge in [0.05, 0.1) is 0 Å². The van der Waals surface area contributed by atoms with Crippen molar-refractivity contribution in [3.05, 3.63) is 30.0 Å². The van der Waals surface area contributed by atoms with E-state index in [1.807, 2.05) is 31.2 Å².